The third-order valence-corrected chi connectivity index (χ3v) is 4.19. The van der Waals surface area contributed by atoms with Crippen molar-refractivity contribution in [1.82, 2.24) is 0 Å². The number of hydrogen-bond acceptors (Lipinski definition) is 3. The van der Waals surface area contributed by atoms with Crippen LogP contribution in [-0.4, -0.2) is 17.7 Å². The van der Waals surface area contributed by atoms with Crippen molar-refractivity contribution in [3.05, 3.63) is 28.8 Å². The monoisotopic (exact) mass is 334 g/mol. The summed E-state index contributed by atoms with van der Waals surface area (Å²) in [6.07, 6.45) is 3.15. The summed E-state index contributed by atoms with van der Waals surface area (Å²) in [6.45, 7) is 15.0. The van der Waals surface area contributed by atoms with E-state index in [-0.39, 0.29) is 16.8 Å². The summed E-state index contributed by atoms with van der Waals surface area (Å²) in [4.78, 5) is 11.4. The predicted molar refractivity (Wildman–Crippen MR) is 99.7 cm³/mol. The Balaban J connectivity index is 2.93. The number of hydrogen-bond donors (Lipinski definition) is 1. The van der Waals surface area contributed by atoms with Crippen LogP contribution in [0.1, 0.15) is 84.4 Å². The Morgan fingerprint density at radius 1 is 1.00 bits per heavy atom. The molecular weight excluding hydrogens is 300 g/mol. The highest BCUT2D eigenvalue weighted by molar-refractivity contribution is 5.69. The molecule has 3 nitrogen and oxygen atoms in total. The largest absolute Gasteiger partial charge is 0.507 e. The SMILES string of the molecule is CCOC(=O)CCCCc1cc(C(C)(C)C)c(O)c(C(C)(C)C)c1. The Kier molecular flexibility index (Phi) is 6.88. The number of esters is 1. The lowest BCUT2D eigenvalue weighted by Gasteiger charge is -2.28. The Morgan fingerprint density at radius 2 is 1.50 bits per heavy atom. The maximum atomic E-state index is 11.4. The molecule has 0 aliphatic heterocycles. The second kappa shape index (κ2) is 8.04. The Hall–Kier alpha value is -1.51. The summed E-state index contributed by atoms with van der Waals surface area (Å²) < 4.78 is 4.97. The third-order valence-electron chi connectivity index (χ3n) is 4.19. The number of phenols is 1. The van der Waals surface area contributed by atoms with Crippen LogP contribution in [0.2, 0.25) is 0 Å². The van der Waals surface area contributed by atoms with Crippen LogP contribution in [0, 0.1) is 0 Å². The van der Waals surface area contributed by atoms with Gasteiger partial charge in [-0.2, -0.15) is 0 Å². The Morgan fingerprint density at radius 3 is 1.92 bits per heavy atom. The van der Waals surface area contributed by atoms with Crippen LogP contribution >= 0.6 is 0 Å². The second-order valence-corrected chi connectivity index (χ2v) is 8.55. The zero-order chi connectivity index (χ0) is 18.5. The molecule has 1 N–H and O–H groups in total. The van der Waals surface area contributed by atoms with E-state index in [1.807, 2.05) is 6.92 Å². The van der Waals surface area contributed by atoms with Gasteiger partial charge in [-0.05, 0) is 53.7 Å². The minimum Gasteiger partial charge on any atom is -0.507 e. The van der Waals surface area contributed by atoms with Crippen LogP contribution in [-0.2, 0) is 26.8 Å². The van der Waals surface area contributed by atoms with Gasteiger partial charge in [0, 0.05) is 6.42 Å². The van der Waals surface area contributed by atoms with Crippen molar-refractivity contribution in [2.45, 2.75) is 85.0 Å². The molecule has 136 valence electrons. The van der Waals surface area contributed by atoms with Gasteiger partial charge < -0.3 is 9.84 Å². The normalized spacial score (nSPS) is 12.3. The number of aromatic hydroxyl groups is 1. The smallest absolute Gasteiger partial charge is 0.305 e. The first-order valence-corrected chi connectivity index (χ1v) is 8.99. The van der Waals surface area contributed by atoms with Gasteiger partial charge in [-0.3, -0.25) is 4.79 Å². The van der Waals surface area contributed by atoms with Crippen molar-refractivity contribution < 1.29 is 14.6 Å². The van der Waals surface area contributed by atoms with Crippen molar-refractivity contribution in [1.29, 1.82) is 0 Å². The van der Waals surface area contributed by atoms with Crippen LogP contribution < -0.4 is 0 Å². The second-order valence-electron chi connectivity index (χ2n) is 8.55. The highest BCUT2D eigenvalue weighted by Crippen LogP contribution is 2.40. The lowest BCUT2D eigenvalue weighted by molar-refractivity contribution is -0.143. The number of benzene rings is 1. The summed E-state index contributed by atoms with van der Waals surface area (Å²) in [5.41, 5.74) is 3.01. The van der Waals surface area contributed by atoms with Crippen LogP contribution in [0.5, 0.6) is 5.75 Å². The Labute approximate surface area is 147 Å². The average molecular weight is 335 g/mol. The fourth-order valence-electron chi connectivity index (χ4n) is 2.81. The van der Waals surface area contributed by atoms with Crippen molar-refractivity contribution in [3.63, 3.8) is 0 Å². The van der Waals surface area contributed by atoms with Gasteiger partial charge >= 0.3 is 5.97 Å². The summed E-state index contributed by atoms with van der Waals surface area (Å²) in [7, 11) is 0. The first-order chi connectivity index (χ1) is 11.0. The molecule has 0 fully saturated rings. The highest BCUT2D eigenvalue weighted by atomic mass is 16.5. The molecule has 0 amide bonds. The number of carbonyl (C=O) groups is 1. The zero-order valence-corrected chi connectivity index (χ0v) is 16.5. The van der Waals surface area contributed by atoms with Crippen molar-refractivity contribution >= 4 is 5.97 Å². The first-order valence-electron chi connectivity index (χ1n) is 8.99. The molecule has 1 aromatic carbocycles. The molecule has 0 saturated carbocycles. The topological polar surface area (TPSA) is 46.5 Å². The number of phenolic OH excluding ortho intramolecular Hbond substituents is 1. The first kappa shape index (κ1) is 20.5. The summed E-state index contributed by atoms with van der Waals surface area (Å²) in [5.74, 6) is 0.305. The molecule has 0 radical (unpaired) electrons. The van der Waals surface area contributed by atoms with Gasteiger partial charge in [-0.15, -0.1) is 0 Å². The van der Waals surface area contributed by atoms with E-state index < -0.39 is 0 Å². The number of carbonyl (C=O) groups excluding carboxylic acids is 1. The molecule has 1 rings (SSSR count). The molecule has 0 atom stereocenters. The minimum atomic E-state index is -0.117. The summed E-state index contributed by atoms with van der Waals surface area (Å²) >= 11 is 0. The lowest BCUT2D eigenvalue weighted by atomic mass is 9.78. The number of rotatable bonds is 6. The summed E-state index contributed by atoms with van der Waals surface area (Å²) in [5, 5.41) is 10.7. The molecular formula is C21H34O3. The fraction of sp³-hybridized carbons (Fsp3) is 0.667. The van der Waals surface area contributed by atoms with E-state index in [1.54, 1.807) is 0 Å². The van der Waals surface area contributed by atoms with Gasteiger partial charge in [0.25, 0.3) is 0 Å². The molecule has 0 aliphatic carbocycles. The van der Waals surface area contributed by atoms with Crippen LogP contribution in [0.15, 0.2) is 12.1 Å². The molecule has 3 heteroatoms. The highest BCUT2D eigenvalue weighted by Gasteiger charge is 2.26. The molecule has 24 heavy (non-hydrogen) atoms. The van der Waals surface area contributed by atoms with Crippen molar-refractivity contribution in [3.8, 4) is 5.75 Å². The average Bonchev–Trinajstić information content (AvgIpc) is 2.42. The molecule has 1 aromatic rings. The maximum Gasteiger partial charge on any atom is 0.305 e. The molecule has 0 aliphatic rings. The lowest BCUT2D eigenvalue weighted by Crippen LogP contribution is -2.18. The molecule has 0 saturated heterocycles. The van der Waals surface area contributed by atoms with E-state index in [1.165, 1.54) is 5.56 Å². The van der Waals surface area contributed by atoms with Gasteiger partial charge in [0.05, 0.1) is 6.61 Å². The molecule has 0 aromatic heterocycles. The number of aryl methyl sites for hydroxylation is 1. The molecule has 0 bridgehead atoms. The van der Waals surface area contributed by atoms with E-state index in [2.05, 4.69) is 53.7 Å². The maximum absolute atomic E-state index is 11.4. The fourth-order valence-corrected chi connectivity index (χ4v) is 2.81. The predicted octanol–water partition coefficient (Wildman–Crippen LogP) is 5.26. The van der Waals surface area contributed by atoms with Gasteiger partial charge in [-0.25, -0.2) is 0 Å². The van der Waals surface area contributed by atoms with E-state index in [4.69, 9.17) is 4.74 Å². The standard InChI is InChI=1S/C21H34O3/c1-8-24-18(22)12-10-9-11-15-13-16(20(2,3)4)19(23)17(14-15)21(5,6)7/h13-14,23H,8-12H2,1-7H3. The van der Waals surface area contributed by atoms with Gasteiger partial charge in [0.1, 0.15) is 5.75 Å². The quantitative estimate of drug-likeness (QED) is 0.570. The summed E-state index contributed by atoms with van der Waals surface area (Å²) in [6, 6.07) is 4.24. The zero-order valence-electron chi connectivity index (χ0n) is 16.5. The van der Waals surface area contributed by atoms with E-state index in [0.29, 0.717) is 18.8 Å². The number of ether oxygens (including phenoxy) is 1. The van der Waals surface area contributed by atoms with Gasteiger partial charge in [-0.1, -0.05) is 53.7 Å². The molecule has 0 spiro atoms. The van der Waals surface area contributed by atoms with Crippen molar-refractivity contribution in [2.75, 3.05) is 6.61 Å². The Bertz CT molecular complexity index is 524. The minimum absolute atomic E-state index is 0.106. The van der Waals surface area contributed by atoms with Crippen LogP contribution in [0.4, 0.5) is 0 Å². The van der Waals surface area contributed by atoms with E-state index in [0.717, 1.165) is 30.4 Å². The van der Waals surface area contributed by atoms with Gasteiger partial charge in [0.15, 0.2) is 0 Å². The molecule has 0 heterocycles. The third kappa shape index (κ3) is 5.85. The van der Waals surface area contributed by atoms with Crippen LogP contribution in [0.3, 0.4) is 0 Å². The van der Waals surface area contributed by atoms with Crippen molar-refractivity contribution in [2.24, 2.45) is 0 Å². The molecule has 0 unspecified atom stereocenters. The van der Waals surface area contributed by atoms with Crippen LogP contribution in [0.25, 0.3) is 0 Å². The van der Waals surface area contributed by atoms with Gasteiger partial charge in [0.2, 0.25) is 0 Å². The van der Waals surface area contributed by atoms with E-state index in [9.17, 15) is 9.90 Å². The van der Waals surface area contributed by atoms with E-state index >= 15 is 0 Å². The number of unbranched alkanes of at least 4 members (excludes halogenated alkanes) is 1.